The van der Waals surface area contributed by atoms with Gasteiger partial charge in [-0.2, -0.15) is 5.26 Å². The van der Waals surface area contributed by atoms with Gasteiger partial charge in [-0.25, -0.2) is 4.79 Å². The Balaban J connectivity index is 4.60. The summed E-state index contributed by atoms with van der Waals surface area (Å²) < 4.78 is 5.04. The summed E-state index contributed by atoms with van der Waals surface area (Å²) in [6.45, 7) is 5.28. The maximum Gasteiger partial charge on any atom is 0.350 e. The summed E-state index contributed by atoms with van der Waals surface area (Å²) in [6.07, 6.45) is 1.44. The van der Waals surface area contributed by atoms with Gasteiger partial charge in [0.25, 0.3) is 0 Å². The lowest BCUT2D eigenvalue weighted by Gasteiger charge is -2.19. The number of ether oxygens (including phenoxy) is 1. The number of esters is 1. The van der Waals surface area contributed by atoms with Gasteiger partial charge in [0.05, 0.1) is 0 Å². The summed E-state index contributed by atoms with van der Waals surface area (Å²) >= 11 is 0. The minimum absolute atomic E-state index is 0.00456. The van der Waals surface area contributed by atoms with Gasteiger partial charge in [0.2, 0.25) is 0 Å². The average molecular weight is 196 g/mol. The highest BCUT2D eigenvalue weighted by molar-refractivity contribution is 5.92. The Hall–Kier alpha value is -1.50. The zero-order valence-corrected chi connectivity index (χ0v) is 9.29. The molecule has 0 saturated heterocycles. The first-order chi connectivity index (χ1) is 6.26. The van der Waals surface area contributed by atoms with E-state index in [0.29, 0.717) is 0 Å². The van der Waals surface area contributed by atoms with Crippen LogP contribution in [0.1, 0.15) is 20.8 Å². The third-order valence-electron chi connectivity index (χ3n) is 1.13. The predicted octanol–water partition coefficient (Wildman–Crippen LogP) is 1.30. The average Bonchev–Trinajstić information content (AvgIpc) is 1.96. The van der Waals surface area contributed by atoms with Crippen LogP contribution in [0.15, 0.2) is 11.8 Å². The van der Waals surface area contributed by atoms with Crippen molar-refractivity contribution in [1.29, 1.82) is 5.26 Å². The molecule has 4 nitrogen and oxygen atoms in total. The van der Waals surface area contributed by atoms with Crippen LogP contribution in [0.3, 0.4) is 0 Å². The van der Waals surface area contributed by atoms with Crippen molar-refractivity contribution in [3.05, 3.63) is 11.8 Å². The Bertz CT molecular complexity index is 279. The minimum atomic E-state index is -0.589. The second-order valence-electron chi connectivity index (χ2n) is 4.12. The monoisotopic (exact) mass is 196 g/mol. The Labute approximate surface area is 84.8 Å². The molecule has 0 aromatic carbocycles. The van der Waals surface area contributed by atoms with Gasteiger partial charge >= 0.3 is 5.97 Å². The lowest BCUT2D eigenvalue weighted by molar-refractivity contribution is -0.149. The number of carbonyl (C=O) groups excluding carboxylic acids is 1. The normalized spacial score (nSPS) is 11.9. The highest BCUT2D eigenvalue weighted by Gasteiger charge is 2.19. The second kappa shape index (κ2) is 4.66. The molecule has 14 heavy (non-hydrogen) atoms. The summed E-state index contributed by atoms with van der Waals surface area (Å²) in [4.78, 5) is 13.0. The first-order valence-electron chi connectivity index (χ1n) is 4.28. The Morgan fingerprint density at radius 2 is 1.93 bits per heavy atom. The molecule has 0 amide bonds. The number of nitriles is 1. The molecule has 0 aliphatic carbocycles. The molecule has 0 unspecified atom stereocenters. The van der Waals surface area contributed by atoms with Gasteiger partial charge in [-0.1, -0.05) is 0 Å². The molecule has 0 rings (SSSR count). The SMILES string of the molecule is CN(C)C=C(C#N)C(=O)OC(C)(C)C. The van der Waals surface area contributed by atoms with Crippen LogP contribution in [-0.2, 0) is 9.53 Å². The van der Waals surface area contributed by atoms with Crippen molar-refractivity contribution < 1.29 is 9.53 Å². The van der Waals surface area contributed by atoms with Crippen molar-refractivity contribution in [3.8, 4) is 6.07 Å². The molecule has 0 heterocycles. The Morgan fingerprint density at radius 3 is 2.21 bits per heavy atom. The quantitative estimate of drug-likeness (QED) is 0.379. The molecule has 0 aromatic rings. The van der Waals surface area contributed by atoms with Crippen molar-refractivity contribution in [2.75, 3.05) is 14.1 Å². The standard InChI is InChI=1S/C10H16N2O2/c1-10(2,3)14-9(13)8(6-11)7-12(4)5/h7H,1-5H3. The van der Waals surface area contributed by atoms with E-state index in [1.807, 2.05) is 0 Å². The smallest absolute Gasteiger partial charge is 0.350 e. The van der Waals surface area contributed by atoms with Crippen LogP contribution >= 0.6 is 0 Å². The fourth-order valence-corrected chi connectivity index (χ4v) is 0.718. The zero-order valence-electron chi connectivity index (χ0n) is 9.29. The van der Waals surface area contributed by atoms with Crippen molar-refractivity contribution >= 4 is 5.97 Å². The number of rotatable bonds is 2. The topological polar surface area (TPSA) is 53.3 Å². The second-order valence-corrected chi connectivity index (χ2v) is 4.12. The fourth-order valence-electron chi connectivity index (χ4n) is 0.718. The number of carbonyl (C=O) groups is 1. The van der Waals surface area contributed by atoms with Crippen molar-refractivity contribution in [2.24, 2.45) is 0 Å². The zero-order chi connectivity index (χ0) is 11.4. The molecule has 4 heteroatoms. The first-order valence-corrected chi connectivity index (χ1v) is 4.28. The van der Waals surface area contributed by atoms with Crippen molar-refractivity contribution in [3.63, 3.8) is 0 Å². The summed E-state index contributed by atoms with van der Waals surface area (Å²) in [5.41, 5.74) is -0.566. The predicted molar refractivity (Wildman–Crippen MR) is 53.2 cm³/mol. The van der Waals surface area contributed by atoms with E-state index < -0.39 is 11.6 Å². The van der Waals surface area contributed by atoms with E-state index in [1.54, 1.807) is 45.8 Å². The van der Waals surface area contributed by atoms with E-state index in [1.165, 1.54) is 6.20 Å². The maximum atomic E-state index is 11.4. The highest BCUT2D eigenvalue weighted by atomic mass is 16.6. The third kappa shape index (κ3) is 5.20. The van der Waals surface area contributed by atoms with Gasteiger partial charge in [0.15, 0.2) is 5.57 Å². The molecule has 0 aliphatic heterocycles. The molecular formula is C10H16N2O2. The van der Waals surface area contributed by atoms with Gasteiger partial charge < -0.3 is 9.64 Å². The molecule has 0 N–H and O–H groups in total. The molecule has 0 fully saturated rings. The van der Waals surface area contributed by atoms with Gasteiger partial charge in [0.1, 0.15) is 11.7 Å². The Morgan fingerprint density at radius 1 is 1.43 bits per heavy atom. The molecule has 0 spiro atoms. The lowest BCUT2D eigenvalue weighted by atomic mass is 10.2. The number of hydrogen-bond donors (Lipinski definition) is 0. The molecule has 0 saturated carbocycles. The van der Waals surface area contributed by atoms with Gasteiger partial charge in [-0.15, -0.1) is 0 Å². The van der Waals surface area contributed by atoms with E-state index in [9.17, 15) is 4.79 Å². The van der Waals surface area contributed by atoms with Gasteiger partial charge in [-0.3, -0.25) is 0 Å². The highest BCUT2D eigenvalue weighted by Crippen LogP contribution is 2.10. The van der Waals surface area contributed by atoms with Crippen LogP contribution in [0.2, 0.25) is 0 Å². The first kappa shape index (κ1) is 12.5. The largest absolute Gasteiger partial charge is 0.456 e. The third-order valence-corrected chi connectivity index (χ3v) is 1.13. The van der Waals surface area contributed by atoms with E-state index in [-0.39, 0.29) is 5.57 Å². The van der Waals surface area contributed by atoms with Crippen LogP contribution < -0.4 is 0 Å². The van der Waals surface area contributed by atoms with Crippen molar-refractivity contribution in [2.45, 2.75) is 26.4 Å². The minimum Gasteiger partial charge on any atom is -0.456 e. The van der Waals surface area contributed by atoms with E-state index in [4.69, 9.17) is 10.00 Å². The molecule has 0 aromatic heterocycles. The van der Waals surface area contributed by atoms with E-state index in [0.717, 1.165) is 0 Å². The van der Waals surface area contributed by atoms with Crippen molar-refractivity contribution in [1.82, 2.24) is 4.90 Å². The molecule has 0 bridgehead atoms. The van der Waals surface area contributed by atoms with Gasteiger partial charge in [-0.05, 0) is 20.8 Å². The van der Waals surface area contributed by atoms with Gasteiger partial charge in [0, 0.05) is 20.3 Å². The van der Waals surface area contributed by atoms with Crippen LogP contribution in [0.4, 0.5) is 0 Å². The van der Waals surface area contributed by atoms with E-state index in [2.05, 4.69) is 0 Å². The number of hydrogen-bond acceptors (Lipinski definition) is 4. The summed E-state index contributed by atoms with van der Waals surface area (Å²) in [6, 6.07) is 1.80. The molecular weight excluding hydrogens is 180 g/mol. The fraction of sp³-hybridized carbons (Fsp3) is 0.600. The maximum absolute atomic E-state index is 11.4. The van der Waals surface area contributed by atoms with E-state index >= 15 is 0 Å². The van der Waals surface area contributed by atoms with Crippen LogP contribution in [0.5, 0.6) is 0 Å². The molecule has 78 valence electrons. The summed E-state index contributed by atoms with van der Waals surface area (Å²) in [7, 11) is 3.48. The molecule has 0 radical (unpaired) electrons. The van der Waals surface area contributed by atoms with Crippen LogP contribution in [0, 0.1) is 11.3 Å². The Kier molecular flexibility index (Phi) is 4.16. The summed E-state index contributed by atoms with van der Waals surface area (Å²) in [5.74, 6) is -0.589. The number of nitrogens with zero attached hydrogens (tertiary/aromatic N) is 2. The summed E-state index contributed by atoms with van der Waals surface area (Å²) in [5, 5.41) is 8.70. The lowest BCUT2D eigenvalue weighted by Crippen LogP contribution is -2.25. The van der Waals surface area contributed by atoms with Crippen LogP contribution in [-0.4, -0.2) is 30.6 Å². The van der Waals surface area contributed by atoms with Crippen LogP contribution in [0.25, 0.3) is 0 Å². The molecule has 0 aliphatic rings. The molecule has 0 atom stereocenters.